The molecule has 3 amide bonds. The lowest BCUT2D eigenvalue weighted by Crippen LogP contribution is -2.40. The highest BCUT2D eigenvalue weighted by Crippen LogP contribution is 2.39. The molecule has 1 saturated heterocycles. The van der Waals surface area contributed by atoms with Crippen LogP contribution in [0.4, 0.5) is 39.9 Å². The molecule has 5 rings (SSSR count). The normalized spacial score (nSPS) is 20.2. The van der Waals surface area contributed by atoms with Crippen LogP contribution in [0.3, 0.4) is 0 Å². The Morgan fingerprint density at radius 1 is 1.17 bits per heavy atom. The minimum Gasteiger partial charge on any atom is -0.342 e. The van der Waals surface area contributed by atoms with Crippen LogP contribution < -0.4 is 10.6 Å². The molecule has 1 aliphatic heterocycles. The Labute approximate surface area is 259 Å². The molecule has 1 aliphatic carbocycles. The van der Waals surface area contributed by atoms with Crippen LogP contribution in [0.5, 0.6) is 0 Å². The van der Waals surface area contributed by atoms with Gasteiger partial charge >= 0.3 is 18.4 Å². The molecular formula is C27H25F8N9O3. The number of nitrogens with zero attached hydrogens (tertiary/aromatic N) is 7. The van der Waals surface area contributed by atoms with Crippen molar-refractivity contribution < 1.29 is 49.3 Å². The first-order valence-electron chi connectivity index (χ1n) is 14.2. The second-order valence-corrected chi connectivity index (χ2v) is 11.2. The van der Waals surface area contributed by atoms with E-state index < -0.39 is 79.5 Å². The zero-order valence-corrected chi connectivity index (χ0v) is 24.1. The Bertz CT molecular complexity index is 1700. The monoisotopic (exact) mass is 675 g/mol. The number of carbonyl (C=O) groups is 2. The molecule has 47 heavy (non-hydrogen) atoms. The highest BCUT2D eigenvalue weighted by Gasteiger charge is 2.48. The van der Waals surface area contributed by atoms with Crippen LogP contribution in [0.15, 0.2) is 34.7 Å². The van der Waals surface area contributed by atoms with Crippen molar-refractivity contribution >= 4 is 17.6 Å². The Morgan fingerprint density at radius 2 is 1.89 bits per heavy atom. The first kappa shape index (κ1) is 33.5. The average Bonchev–Trinajstić information content (AvgIpc) is 3.75. The fraction of sp³-hybridized carbons (Fsp3) is 0.519. The van der Waals surface area contributed by atoms with E-state index in [4.69, 9.17) is 0 Å². The van der Waals surface area contributed by atoms with E-state index >= 15 is 0 Å². The molecule has 3 aromatic heterocycles. The van der Waals surface area contributed by atoms with Gasteiger partial charge in [-0.05, 0) is 54.0 Å². The number of nitrogens with one attached hydrogen (secondary N) is 2. The number of halogens is 8. The number of hydrogen-bond acceptors (Lipinski definition) is 8. The molecule has 3 atom stereocenters. The average molecular weight is 676 g/mol. The molecule has 3 aromatic rings. The van der Waals surface area contributed by atoms with Crippen molar-refractivity contribution in [3.05, 3.63) is 52.8 Å². The highest BCUT2D eigenvalue weighted by molar-refractivity contribution is 5.93. The summed E-state index contributed by atoms with van der Waals surface area (Å²) >= 11 is 0. The Hall–Kier alpha value is -4.83. The van der Waals surface area contributed by atoms with Crippen LogP contribution in [0.1, 0.15) is 78.0 Å². The minimum atomic E-state index is -4.71. The molecule has 0 radical (unpaired) electrons. The molecular weight excluding hydrogens is 650 g/mol. The summed E-state index contributed by atoms with van der Waals surface area (Å²) in [4.78, 5) is 31.1. The van der Waals surface area contributed by atoms with E-state index in [0.29, 0.717) is 0 Å². The van der Waals surface area contributed by atoms with Crippen molar-refractivity contribution in [3.8, 4) is 6.07 Å². The molecule has 0 spiro atoms. The highest BCUT2D eigenvalue weighted by atomic mass is 19.4. The standard InChI is InChI=1S/C27H25F8N9O3/c28-23(29)14-3-1-13(2-4-14)21(40-24(45)22-16(41-47-42-22)5-7-26(30,31)32)17-11-44-20(38-17)9-15(10-37-44)18(6-8-36)43-12-19(27(33,34)35)39-25(43)46/h9-11,13,18-19,21H,1-7,12H2,(H,39,46)(H,40,45)/t18-,19+,21-/m1/s1. The first-order chi connectivity index (χ1) is 22.1. The van der Waals surface area contributed by atoms with Crippen molar-refractivity contribution in [2.45, 2.75) is 75.4 Å². The van der Waals surface area contributed by atoms with E-state index in [1.807, 2.05) is 11.4 Å². The SMILES string of the molecule is N#CC[C@H](c1cnn2cc([C@H](NC(=O)c3nonc3CCC(F)(F)F)C3CCC(=C(F)F)CC3)nc2c1)N1C[C@@H](C(F)(F)F)NC1=O. The van der Waals surface area contributed by atoms with Crippen molar-refractivity contribution in [1.29, 1.82) is 5.26 Å². The number of allylic oxidation sites excluding steroid dienone is 1. The lowest BCUT2D eigenvalue weighted by atomic mass is 9.80. The van der Waals surface area contributed by atoms with Crippen LogP contribution in [-0.4, -0.2) is 66.7 Å². The van der Waals surface area contributed by atoms with E-state index in [2.05, 4.69) is 30.3 Å². The number of aryl methyl sites for hydroxylation is 1. The van der Waals surface area contributed by atoms with E-state index in [-0.39, 0.29) is 60.3 Å². The quantitative estimate of drug-likeness (QED) is 0.289. The molecule has 252 valence electrons. The van der Waals surface area contributed by atoms with Crippen molar-refractivity contribution in [2.24, 2.45) is 5.92 Å². The van der Waals surface area contributed by atoms with Gasteiger partial charge in [0, 0.05) is 12.8 Å². The smallest absolute Gasteiger partial charge is 0.342 e. The molecule has 2 N–H and O–H groups in total. The second kappa shape index (κ2) is 13.1. The summed E-state index contributed by atoms with van der Waals surface area (Å²) in [5.41, 5.74) is -0.367. The van der Waals surface area contributed by atoms with Gasteiger partial charge in [-0.15, -0.1) is 0 Å². The zero-order chi connectivity index (χ0) is 34.1. The predicted octanol–water partition coefficient (Wildman–Crippen LogP) is 5.33. The van der Waals surface area contributed by atoms with Crippen LogP contribution in [0.25, 0.3) is 5.65 Å². The number of urea groups is 1. The molecule has 0 unspecified atom stereocenters. The van der Waals surface area contributed by atoms with Gasteiger partial charge in [-0.1, -0.05) is 5.16 Å². The summed E-state index contributed by atoms with van der Waals surface area (Å²) in [5, 5.41) is 25.0. The fourth-order valence-corrected chi connectivity index (χ4v) is 5.70. The van der Waals surface area contributed by atoms with Gasteiger partial charge < -0.3 is 15.5 Å². The lowest BCUT2D eigenvalue weighted by Gasteiger charge is -2.30. The van der Waals surface area contributed by atoms with Crippen LogP contribution in [0, 0.1) is 17.2 Å². The number of nitriles is 1. The molecule has 0 bridgehead atoms. The van der Waals surface area contributed by atoms with Gasteiger partial charge in [-0.2, -0.15) is 45.5 Å². The number of rotatable bonds is 9. The Morgan fingerprint density at radius 3 is 2.51 bits per heavy atom. The molecule has 4 heterocycles. The van der Waals surface area contributed by atoms with Gasteiger partial charge in [-0.25, -0.2) is 18.9 Å². The number of fused-ring (bicyclic) bond motifs is 1. The molecule has 0 aromatic carbocycles. The van der Waals surface area contributed by atoms with Crippen LogP contribution in [-0.2, 0) is 6.42 Å². The van der Waals surface area contributed by atoms with Gasteiger partial charge in [0.15, 0.2) is 11.3 Å². The fourth-order valence-electron chi connectivity index (χ4n) is 5.70. The zero-order valence-electron chi connectivity index (χ0n) is 24.1. The van der Waals surface area contributed by atoms with Gasteiger partial charge in [-0.3, -0.25) is 4.79 Å². The van der Waals surface area contributed by atoms with Crippen molar-refractivity contribution in [2.75, 3.05) is 6.54 Å². The third-order valence-electron chi connectivity index (χ3n) is 8.13. The Balaban J connectivity index is 1.44. The van der Waals surface area contributed by atoms with Gasteiger partial charge in [0.1, 0.15) is 11.7 Å². The van der Waals surface area contributed by atoms with E-state index in [1.165, 1.54) is 23.0 Å². The lowest BCUT2D eigenvalue weighted by molar-refractivity contribution is -0.150. The molecule has 2 fully saturated rings. The largest absolute Gasteiger partial charge is 0.410 e. The summed E-state index contributed by atoms with van der Waals surface area (Å²) in [6.45, 7) is -0.743. The Kier molecular flexibility index (Phi) is 9.36. The summed E-state index contributed by atoms with van der Waals surface area (Å²) < 4.78 is 111. The summed E-state index contributed by atoms with van der Waals surface area (Å²) in [5.74, 6) is -1.41. The maximum Gasteiger partial charge on any atom is 0.410 e. The number of carbonyl (C=O) groups excluding carboxylic acids is 2. The van der Waals surface area contributed by atoms with Crippen LogP contribution in [0.2, 0.25) is 0 Å². The van der Waals surface area contributed by atoms with Gasteiger partial charge in [0.05, 0.1) is 49.2 Å². The molecule has 1 saturated carbocycles. The number of alkyl halides is 6. The summed E-state index contributed by atoms with van der Waals surface area (Å²) in [7, 11) is 0. The van der Waals surface area contributed by atoms with Crippen LogP contribution >= 0.6 is 0 Å². The summed E-state index contributed by atoms with van der Waals surface area (Å²) in [6, 6.07) is -1.99. The van der Waals surface area contributed by atoms with E-state index in [1.54, 1.807) is 0 Å². The number of imidazole rings is 1. The maximum atomic E-state index is 13.3. The third kappa shape index (κ3) is 7.60. The van der Waals surface area contributed by atoms with Crippen molar-refractivity contribution in [3.63, 3.8) is 0 Å². The molecule has 20 heteroatoms. The number of hydrogen-bond donors (Lipinski definition) is 2. The van der Waals surface area contributed by atoms with E-state index in [9.17, 15) is 50.0 Å². The third-order valence-corrected chi connectivity index (χ3v) is 8.13. The summed E-state index contributed by atoms with van der Waals surface area (Å²) in [6.07, 6.45) is -10.3. The number of amides is 3. The minimum absolute atomic E-state index is 0.0180. The second-order valence-electron chi connectivity index (χ2n) is 11.2. The molecule has 12 nitrogen and oxygen atoms in total. The molecule has 2 aliphatic rings. The van der Waals surface area contributed by atoms with Gasteiger partial charge in [0.2, 0.25) is 0 Å². The van der Waals surface area contributed by atoms with Crippen molar-refractivity contribution in [1.82, 2.24) is 40.4 Å². The first-order valence-corrected chi connectivity index (χ1v) is 14.2. The van der Waals surface area contributed by atoms with Gasteiger partial charge in [0.25, 0.3) is 12.0 Å². The number of aromatic nitrogens is 5. The van der Waals surface area contributed by atoms with E-state index in [0.717, 1.165) is 4.90 Å². The predicted molar refractivity (Wildman–Crippen MR) is 141 cm³/mol. The topological polar surface area (TPSA) is 154 Å². The maximum absolute atomic E-state index is 13.3.